The largest absolute Gasteiger partial charge is 0.493 e. The predicted octanol–water partition coefficient (Wildman–Crippen LogP) is 3.04. The number of hydrogen-bond donors (Lipinski definition) is 2. The number of benzene rings is 1. The number of ether oxygens (including phenoxy) is 3. The van der Waals surface area contributed by atoms with E-state index in [1.165, 1.54) is 0 Å². The smallest absolute Gasteiger partial charge is 0.307 e. The zero-order chi connectivity index (χ0) is 18.1. The molecule has 0 aliphatic carbocycles. The van der Waals surface area contributed by atoms with Crippen molar-refractivity contribution in [2.24, 2.45) is 11.7 Å². The molecule has 2 unspecified atom stereocenters. The van der Waals surface area contributed by atoms with Crippen LogP contribution in [0.4, 0.5) is 0 Å². The van der Waals surface area contributed by atoms with Crippen LogP contribution in [0.25, 0.3) is 0 Å². The minimum Gasteiger partial charge on any atom is -0.493 e. The van der Waals surface area contributed by atoms with E-state index in [1.54, 1.807) is 0 Å². The van der Waals surface area contributed by atoms with Crippen LogP contribution in [0, 0.1) is 5.92 Å². The number of hydrogen-bond acceptors (Lipinski definition) is 5. The predicted molar refractivity (Wildman–Crippen MR) is 93.2 cm³/mol. The molecule has 136 valence electrons. The first-order valence-electron chi connectivity index (χ1n) is 8.48. The third-order valence-electron chi connectivity index (χ3n) is 3.77. The molecular weight excluding hydrogens is 310 g/mol. The van der Waals surface area contributed by atoms with Gasteiger partial charge < -0.3 is 25.1 Å². The summed E-state index contributed by atoms with van der Waals surface area (Å²) in [6.45, 7) is 9.28. The van der Waals surface area contributed by atoms with Gasteiger partial charge in [-0.15, -0.1) is 0 Å². The van der Waals surface area contributed by atoms with Crippen LogP contribution in [0.2, 0.25) is 0 Å². The van der Waals surface area contributed by atoms with Crippen molar-refractivity contribution in [1.29, 1.82) is 0 Å². The van der Waals surface area contributed by atoms with Crippen molar-refractivity contribution in [2.45, 2.75) is 40.0 Å². The second-order valence-corrected chi connectivity index (χ2v) is 5.51. The Morgan fingerprint density at radius 2 is 1.62 bits per heavy atom. The van der Waals surface area contributed by atoms with Crippen LogP contribution >= 0.6 is 0 Å². The highest BCUT2D eigenvalue weighted by atomic mass is 16.5. The number of nitrogens with two attached hydrogens (primary N) is 1. The minimum absolute atomic E-state index is 0.0960. The van der Waals surface area contributed by atoms with Crippen LogP contribution in [0.5, 0.6) is 17.2 Å². The normalized spacial score (nSPS) is 13.2. The van der Waals surface area contributed by atoms with E-state index in [9.17, 15) is 9.90 Å². The van der Waals surface area contributed by atoms with Gasteiger partial charge in [0.05, 0.1) is 25.7 Å². The van der Waals surface area contributed by atoms with Gasteiger partial charge in [0, 0.05) is 12.1 Å². The van der Waals surface area contributed by atoms with Gasteiger partial charge in [0.15, 0.2) is 11.5 Å². The minimum atomic E-state index is -0.888. The summed E-state index contributed by atoms with van der Waals surface area (Å²) in [5.74, 6) is 0.361. The lowest BCUT2D eigenvalue weighted by molar-refractivity contribution is -0.141. The molecule has 0 fully saturated rings. The number of rotatable bonds is 11. The van der Waals surface area contributed by atoms with Crippen LogP contribution in [0.3, 0.4) is 0 Å². The fourth-order valence-electron chi connectivity index (χ4n) is 2.71. The molecule has 0 aromatic heterocycles. The van der Waals surface area contributed by atoms with Crippen LogP contribution in [-0.4, -0.2) is 37.4 Å². The maximum atomic E-state index is 11.3. The summed E-state index contributed by atoms with van der Waals surface area (Å²) in [6.07, 6.45) is 0.404. The Morgan fingerprint density at radius 1 is 1.08 bits per heavy atom. The van der Waals surface area contributed by atoms with Crippen molar-refractivity contribution in [3.8, 4) is 17.2 Å². The number of carbonyl (C=O) groups is 1. The molecule has 0 bridgehead atoms. The zero-order valence-electron chi connectivity index (χ0n) is 15.0. The summed E-state index contributed by atoms with van der Waals surface area (Å²) in [4.78, 5) is 11.3. The average Bonchev–Trinajstić information content (AvgIpc) is 2.55. The lowest BCUT2D eigenvalue weighted by atomic mass is 9.88. The number of aliphatic carboxylic acids is 1. The lowest BCUT2D eigenvalue weighted by Crippen LogP contribution is -2.25. The van der Waals surface area contributed by atoms with Crippen molar-refractivity contribution >= 4 is 5.97 Å². The van der Waals surface area contributed by atoms with Crippen molar-refractivity contribution in [2.75, 3.05) is 26.4 Å². The van der Waals surface area contributed by atoms with Crippen molar-refractivity contribution < 1.29 is 24.1 Å². The summed E-state index contributed by atoms with van der Waals surface area (Å²) in [7, 11) is 0. The lowest BCUT2D eigenvalue weighted by Gasteiger charge is -2.24. The fraction of sp³-hybridized carbons (Fsp3) is 0.611. The molecule has 0 heterocycles. The Hall–Kier alpha value is -1.95. The van der Waals surface area contributed by atoms with Crippen molar-refractivity contribution in [3.05, 3.63) is 17.7 Å². The molecule has 2 atom stereocenters. The molecule has 0 aliphatic rings. The highest BCUT2D eigenvalue weighted by molar-refractivity contribution is 5.70. The van der Waals surface area contributed by atoms with E-state index in [4.69, 9.17) is 19.9 Å². The summed E-state index contributed by atoms with van der Waals surface area (Å²) in [6, 6.07) is 3.67. The van der Waals surface area contributed by atoms with E-state index < -0.39 is 11.9 Å². The van der Waals surface area contributed by atoms with Gasteiger partial charge in [0.25, 0.3) is 0 Å². The first-order chi connectivity index (χ1) is 11.5. The monoisotopic (exact) mass is 339 g/mol. The van der Waals surface area contributed by atoms with Crippen LogP contribution in [0.15, 0.2) is 12.1 Å². The molecule has 24 heavy (non-hydrogen) atoms. The number of carboxylic acids is 1. The van der Waals surface area contributed by atoms with E-state index in [0.717, 1.165) is 5.56 Å². The summed E-state index contributed by atoms with van der Waals surface area (Å²) < 4.78 is 17.2. The SMILES string of the molecule is CCOc1ccc(OCC)c(C(C)CC(CN)C(=O)O)c1OCC. The van der Waals surface area contributed by atoms with Gasteiger partial charge in [-0.1, -0.05) is 6.92 Å². The van der Waals surface area contributed by atoms with Gasteiger partial charge in [0.2, 0.25) is 0 Å². The van der Waals surface area contributed by atoms with Crippen LogP contribution in [0.1, 0.15) is 45.6 Å². The standard InChI is InChI=1S/C18H29NO5/c1-5-22-14-8-9-15(23-6-2)17(24-7-3)16(14)12(4)10-13(11-19)18(20)21/h8-9,12-13H,5-7,10-11,19H2,1-4H3,(H,20,21). The number of carboxylic acid groups (broad SMARTS) is 1. The molecule has 0 saturated heterocycles. The van der Waals surface area contributed by atoms with E-state index in [1.807, 2.05) is 39.8 Å². The van der Waals surface area contributed by atoms with Gasteiger partial charge in [-0.3, -0.25) is 4.79 Å². The van der Waals surface area contributed by atoms with Gasteiger partial charge in [-0.25, -0.2) is 0 Å². The highest BCUT2D eigenvalue weighted by Gasteiger charge is 2.26. The zero-order valence-corrected chi connectivity index (χ0v) is 15.0. The Bertz CT molecular complexity index is 532. The topological polar surface area (TPSA) is 91.0 Å². The molecule has 1 aromatic rings. The fourth-order valence-corrected chi connectivity index (χ4v) is 2.71. The van der Waals surface area contributed by atoms with Crippen molar-refractivity contribution in [3.63, 3.8) is 0 Å². The average molecular weight is 339 g/mol. The van der Waals surface area contributed by atoms with Gasteiger partial charge in [0.1, 0.15) is 5.75 Å². The highest BCUT2D eigenvalue weighted by Crippen LogP contribution is 2.44. The van der Waals surface area contributed by atoms with E-state index in [2.05, 4.69) is 0 Å². The molecule has 1 aromatic carbocycles. The third-order valence-corrected chi connectivity index (χ3v) is 3.77. The molecule has 0 radical (unpaired) electrons. The maximum Gasteiger partial charge on any atom is 0.307 e. The summed E-state index contributed by atoms with van der Waals surface area (Å²) >= 11 is 0. The Kier molecular flexibility index (Phi) is 8.40. The van der Waals surface area contributed by atoms with E-state index >= 15 is 0 Å². The Labute approximate surface area is 143 Å². The molecule has 6 heteroatoms. The molecule has 0 spiro atoms. The van der Waals surface area contributed by atoms with E-state index in [-0.39, 0.29) is 12.5 Å². The maximum absolute atomic E-state index is 11.3. The van der Waals surface area contributed by atoms with Gasteiger partial charge >= 0.3 is 5.97 Å². The third kappa shape index (κ3) is 5.03. The Morgan fingerprint density at radius 3 is 2.12 bits per heavy atom. The second kappa shape index (κ2) is 10.0. The van der Waals surface area contributed by atoms with Crippen LogP contribution in [-0.2, 0) is 4.79 Å². The molecule has 6 nitrogen and oxygen atoms in total. The van der Waals surface area contributed by atoms with Gasteiger partial charge in [-0.2, -0.15) is 0 Å². The molecule has 3 N–H and O–H groups in total. The summed E-state index contributed by atoms with van der Waals surface area (Å²) in [5.41, 5.74) is 6.44. The van der Waals surface area contributed by atoms with E-state index in [0.29, 0.717) is 43.5 Å². The molecule has 0 amide bonds. The molecule has 1 rings (SSSR count). The Balaban J connectivity index is 3.32. The summed E-state index contributed by atoms with van der Waals surface area (Å²) in [5, 5.41) is 9.29. The molecule has 0 saturated carbocycles. The molecule has 0 aliphatic heterocycles. The second-order valence-electron chi connectivity index (χ2n) is 5.51. The quantitative estimate of drug-likeness (QED) is 0.644. The molecular formula is C18H29NO5. The first kappa shape index (κ1) is 20.1. The van der Waals surface area contributed by atoms with Crippen LogP contribution < -0.4 is 19.9 Å². The first-order valence-corrected chi connectivity index (χ1v) is 8.48. The van der Waals surface area contributed by atoms with Crippen molar-refractivity contribution in [1.82, 2.24) is 0 Å². The van der Waals surface area contributed by atoms with Gasteiger partial charge in [-0.05, 0) is 45.2 Å².